The molecule has 0 saturated heterocycles. The summed E-state index contributed by atoms with van der Waals surface area (Å²) in [5, 5.41) is 10.3. The topological polar surface area (TPSA) is 43.9 Å². The van der Waals surface area contributed by atoms with E-state index in [4.69, 9.17) is 14.4 Å². The van der Waals surface area contributed by atoms with Gasteiger partial charge in [0.25, 0.3) is 0 Å². The molecule has 0 unspecified atom stereocenters. The van der Waals surface area contributed by atoms with Crippen LogP contribution in [0.15, 0.2) is 168 Å². The van der Waals surface area contributed by atoms with Crippen LogP contribution >= 0.6 is 11.3 Å². The molecule has 0 atom stereocenters. The zero-order chi connectivity index (χ0) is 34.6. The van der Waals surface area contributed by atoms with Gasteiger partial charge in [-0.05, 0) is 69.1 Å². The third-order valence-corrected chi connectivity index (χ3v) is 12.0. The molecule has 12 rings (SSSR count). The van der Waals surface area contributed by atoms with Gasteiger partial charge in [-0.15, -0.1) is 11.3 Å². The molecule has 0 radical (unpaired) electrons. The van der Waals surface area contributed by atoms with Gasteiger partial charge in [0.05, 0.1) is 32.3 Å². The molecule has 4 nitrogen and oxygen atoms in total. The van der Waals surface area contributed by atoms with E-state index in [-0.39, 0.29) is 0 Å². The maximum atomic E-state index is 6.84. The Balaban J connectivity index is 1.23. The SMILES string of the molecule is c1ccc(-c2ccc3c4c5oc6ccc7ccccc7c6c5ccc4n(-c4nc(-c5ccc6ccccc6c5)c5sc6ccccc6c5n4)c3c2)cc1. The summed E-state index contributed by atoms with van der Waals surface area (Å²) in [6.07, 6.45) is 0. The van der Waals surface area contributed by atoms with Crippen molar-refractivity contribution in [2.45, 2.75) is 0 Å². The van der Waals surface area contributed by atoms with Crippen molar-refractivity contribution < 1.29 is 4.42 Å². The zero-order valence-corrected chi connectivity index (χ0v) is 29.1. The number of fused-ring (bicyclic) bond motifs is 13. The number of thiophene rings is 1. The van der Waals surface area contributed by atoms with Crippen molar-refractivity contribution in [1.82, 2.24) is 14.5 Å². The molecule has 0 aliphatic carbocycles. The fourth-order valence-electron chi connectivity index (χ4n) is 8.34. The molecule has 0 N–H and O–H groups in total. The van der Waals surface area contributed by atoms with Gasteiger partial charge >= 0.3 is 0 Å². The van der Waals surface area contributed by atoms with E-state index < -0.39 is 0 Å². The van der Waals surface area contributed by atoms with E-state index in [1.165, 1.54) is 26.2 Å². The first-order valence-electron chi connectivity index (χ1n) is 17.8. The Morgan fingerprint density at radius 1 is 0.472 bits per heavy atom. The Morgan fingerprint density at radius 2 is 1.21 bits per heavy atom. The first-order chi connectivity index (χ1) is 26.3. The van der Waals surface area contributed by atoms with Gasteiger partial charge in [0.2, 0.25) is 5.95 Å². The van der Waals surface area contributed by atoms with E-state index >= 15 is 0 Å². The van der Waals surface area contributed by atoms with Crippen molar-refractivity contribution in [3.63, 3.8) is 0 Å². The lowest BCUT2D eigenvalue weighted by molar-refractivity contribution is 0.673. The van der Waals surface area contributed by atoms with E-state index in [0.717, 1.165) is 81.7 Å². The fourth-order valence-corrected chi connectivity index (χ4v) is 9.49. The monoisotopic (exact) mass is 693 g/mol. The highest BCUT2D eigenvalue weighted by Crippen LogP contribution is 2.44. The molecule has 4 heterocycles. The van der Waals surface area contributed by atoms with Crippen LogP contribution in [-0.2, 0) is 0 Å². The number of furan rings is 1. The van der Waals surface area contributed by atoms with E-state index in [9.17, 15) is 0 Å². The standard InChI is InChI=1S/C48H27N3OS/c1-2-10-28(11-3-1)32-20-22-35-39(27-32)51(38-24-23-37-42-34-15-7-6-13-30(34)21-25-40(42)52-46(37)43(35)38)48-49-44(33-19-18-29-12-4-5-14-31(29)26-33)47-45(50-48)36-16-8-9-17-41(36)53-47/h1-27H. The number of hydrogen-bond acceptors (Lipinski definition) is 4. The van der Waals surface area contributed by atoms with Gasteiger partial charge in [0.15, 0.2) is 0 Å². The van der Waals surface area contributed by atoms with Gasteiger partial charge in [0, 0.05) is 31.8 Å². The highest BCUT2D eigenvalue weighted by Gasteiger charge is 2.23. The largest absolute Gasteiger partial charge is 0.455 e. The van der Waals surface area contributed by atoms with Gasteiger partial charge < -0.3 is 4.42 Å². The van der Waals surface area contributed by atoms with Gasteiger partial charge in [-0.1, -0.05) is 127 Å². The maximum absolute atomic E-state index is 6.84. The number of nitrogens with zero attached hydrogens (tertiary/aromatic N) is 3. The van der Waals surface area contributed by atoms with Crippen LogP contribution in [0.2, 0.25) is 0 Å². The molecule has 0 saturated carbocycles. The summed E-state index contributed by atoms with van der Waals surface area (Å²) in [6, 6.07) is 58.2. The molecule has 5 heteroatoms. The fraction of sp³-hybridized carbons (Fsp3) is 0. The normalized spacial score (nSPS) is 12.2. The van der Waals surface area contributed by atoms with Crippen molar-refractivity contribution in [3.05, 3.63) is 164 Å². The van der Waals surface area contributed by atoms with E-state index in [1.54, 1.807) is 11.3 Å². The van der Waals surface area contributed by atoms with Crippen LogP contribution in [0.1, 0.15) is 0 Å². The second-order valence-corrected chi connectivity index (χ2v) is 14.8. The van der Waals surface area contributed by atoms with Crippen molar-refractivity contribution >= 4 is 96.9 Å². The summed E-state index contributed by atoms with van der Waals surface area (Å²) in [7, 11) is 0. The summed E-state index contributed by atoms with van der Waals surface area (Å²) in [4.78, 5) is 11.0. The predicted molar refractivity (Wildman–Crippen MR) is 222 cm³/mol. The van der Waals surface area contributed by atoms with Gasteiger partial charge in [-0.25, -0.2) is 9.97 Å². The molecule has 0 aliphatic heterocycles. The van der Waals surface area contributed by atoms with Gasteiger partial charge in [-0.3, -0.25) is 4.57 Å². The average Bonchev–Trinajstić information content (AvgIpc) is 3.90. The molecule has 0 spiro atoms. The summed E-state index contributed by atoms with van der Waals surface area (Å²) in [5.41, 5.74) is 9.05. The lowest BCUT2D eigenvalue weighted by Gasteiger charge is -2.11. The first-order valence-corrected chi connectivity index (χ1v) is 18.6. The van der Waals surface area contributed by atoms with E-state index in [1.807, 2.05) is 0 Å². The second kappa shape index (κ2) is 10.8. The molecule has 0 amide bonds. The minimum absolute atomic E-state index is 0.635. The average molecular weight is 694 g/mol. The molecule has 8 aromatic carbocycles. The molecule has 53 heavy (non-hydrogen) atoms. The summed E-state index contributed by atoms with van der Waals surface area (Å²) in [5.74, 6) is 0.635. The van der Waals surface area contributed by atoms with Crippen LogP contribution in [0.3, 0.4) is 0 Å². The molecule has 0 bridgehead atoms. The first kappa shape index (κ1) is 28.8. The maximum Gasteiger partial charge on any atom is 0.235 e. The molecule has 4 aromatic heterocycles. The van der Waals surface area contributed by atoms with Crippen molar-refractivity contribution in [3.8, 4) is 28.3 Å². The minimum Gasteiger partial charge on any atom is -0.455 e. The smallest absolute Gasteiger partial charge is 0.235 e. The molecular formula is C48H27N3OS. The van der Waals surface area contributed by atoms with Crippen LogP contribution in [0.5, 0.6) is 0 Å². The van der Waals surface area contributed by atoms with Gasteiger partial charge in [-0.2, -0.15) is 0 Å². The third kappa shape index (κ3) is 4.17. The van der Waals surface area contributed by atoms with Crippen LogP contribution in [0, 0.1) is 0 Å². The summed E-state index contributed by atoms with van der Waals surface area (Å²) >= 11 is 1.76. The summed E-state index contributed by atoms with van der Waals surface area (Å²) in [6.45, 7) is 0. The third-order valence-electron chi connectivity index (χ3n) is 10.8. The Kier molecular flexibility index (Phi) is 5.90. The van der Waals surface area contributed by atoms with Crippen molar-refractivity contribution in [2.24, 2.45) is 0 Å². The second-order valence-electron chi connectivity index (χ2n) is 13.7. The Labute approximate surface area is 306 Å². The van der Waals surface area contributed by atoms with Crippen LogP contribution < -0.4 is 0 Å². The highest BCUT2D eigenvalue weighted by atomic mass is 32.1. The summed E-state index contributed by atoms with van der Waals surface area (Å²) < 4.78 is 11.4. The van der Waals surface area contributed by atoms with E-state index in [0.29, 0.717) is 5.95 Å². The van der Waals surface area contributed by atoms with Gasteiger partial charge in [0.1, 0.15) is 11.2 Å². The van der Waals surface area contributed by atoms with E-state index in [2.05, 4.69) is 168 Å². The zero-order valence-electron chi connectivity index (χ0n) is 28.2. The number of rotatable bonds is 3. The van der Waals surface area contributed by atoms with Crippen LogP contribution in [0.4, 0.5) is 0 Å². The van der Waals surface area contributed by atoms with Crippen molar-refractivity contribution in [1.29, 1.82) is 0 Å². The Bertz CT molecular complexity index is 3460. The predicted octanol–water partition coefficient (Wildman–Crippen LogP) is 13.5. The van der Waals surface area contributed by atoms with Crippen LogP contribution in [-0.4, -0.2) is 14.5 Å². The molecule has 12 aromatic rings. The molecular weight excluding hydrogens is 667 g/mol. The number of benzene rings is 8. The molecule has 0 fully saturated rings. The van der Waals surface area contributed by atoms with Crippen LogP contribution in [0.25, 0.3) is 114 Å². The quantitative estimate of drug-likeness (QED) is 0.185. The molecule has 246 valence electrons. The highest BCUT2D eigenvalue weighted by molar-refractivity contribution is 7.26. The van der Waals surface area contributed by atoms with Crippen molar-refractivity contribution in [2.75, 3.05) is 0 Å². The number of aromatic nitrogens is 3. The molecule has 0 aliphatic rings. The lowest BCUT2D eigenvalue weighted by atomic mass is 10.0. The Hall–Kier alpha value is -6.82. The lowest BCUT2D eigenvalue weighted by Crippen LogP contribution is -2.03. The minimum atomic E-state index is 0.635. The Morgan fingerprint density at radius 3 is 2.11 bits per heavy atom. The number of hydrogen-bond donors (Lipinski definition) is 0.